The molecule has 0 aliphatic heterocycles. The zero-order chi connectivity index (χ0) is 13.3. The number of ether oxygens (including phenoxy) is 1. The molecule has 0 atom stereocenters. The van der Waals surface area contributed by atoms with Gasteiger partial charge in [0.05, 0.1) is 12.8 Å². The van der Waals surface area contributed by atoms with Gasteiger partial charge in [-0.1, -0.05) is 0 Å². The molecule has 18 heavy (non-hydrogen) atoms. The summed E-state index contributed by atoms with van der Waals surface area (Å²) in [6.45, 7) is 6.13. The Bertz CT molecular complexity index is 638. The molecule has 2 aromatic rings. The van der Waals surface area contributed by atoms with E-state index in [9.17, 15) is 0 Å². The first-order chi connectivity index (χ1) is 8.58. The van der Waals surface area contributed by atoms with Crippen LogP contribution in [0.2, 0.25) is 0 Å². The molecular formula is C14H14N2OS. The Morgan fingerprint density at radius 3 is 2.56 bits per heavy atom. The number of methoxy groups -OCH3 is 1. The van der Waals surface area contributed by atoms with Gasteiger partial charge in [-0.25, -0.2) is 4.98 Å². The highest BCUT2D eigenvalue weighted by molar-refractivity contribution is 7.10. The highest BCUT2D eigenvalue weighted by atomic mass is 32.1. The molecule has 1 aromatic heterocycles. The number of nitriles is 1. The van der Waals surface area contributed by atoms with Gasteiger partial charge in [0.25, 0.3) is 0 Å². The number of hydrogen-bond donors (Lipinski definition) is 0. The first-order valence-corrected chi connectivity index (χ1v) is 6.47. The van der Waals surface area contributed by atoms with Gasteiger partial charge in [-0.15, -0.1) is 11.3 Å². The summed E-state index contributed by atoms with van der Waals surface area (Å²) in [5.41, 5.74) is 5.36. The summed E-state index contributed by atoms with van der Waals surface area (Å²) in [6, 6.07) is 4.09. The molecule has 0 aliphatic rings. The number of aromatic nitrogens is 1. The Kier molecular flexibility index (Phi) is 3.35. The SMILES string of the molecule is COc1cc(C)c(-c2csc(C#N)n2)c(C)c1C. The topological polar surface area (TPSA) is 45.9 Å². The molecule has 0 aliphatic carbocycles. The third-order valence-corrected chi connectivity index (χ3v) is 3.87. The van der Waals surface area contributed by atoms with Crippen LogP contribution >= 0.6 is 11.3 Å². The summed E-state index contributed by atoms with van der Waals surface area (Å²) in [4.78, 5) is 4.33. The zero-order valence-corrected chi connectivity index (χ0v) is 11.7. The zero-order valence-electron chi connectivity index (χ0n) is 10.9. The van der Waals surface area contributed by atoms with E-state index >= 15 is 0 Å². The van der Waals surface area contributed by atoms with E-state index in [-0.39, 0.29) is 0 Å². The Hall–Kier alpha value is -1.86. The molecule has 0 spiro atoms. The van der Waals surface area contributed by atoms with Crippen LogP contribution in [0.3, 0.4) is 0 Å². The minimum Gasteiger partial charge on any atom is -0.496 e. The second kappa shape index (κ2) is 4.79. The molecule has 0 N–H and O–H groups in total. The lowest BCUT2D eigenvalue weighted by Gasteiger charge is -2.14. The van der Waals surface area contributed by atoms with Gasteiger partial charge < -0.3 is 4.74 Å². The van der Waals surface area contributed by atoms with Crippen LogP contribution in [-0.2, 0) is 0 Å². The molecule has 0 fully saturated rings. The molecule has 2 rings (SSSR count). The lowest BCUT2D eigenvalue weighted by molar-refractivity contribution is 0.411. The highest BCUT2D eigenvalue weighted by Gasteiger charge is 2.14. The summed E-state index contributed by atoms with van der Waals surface area (Å²) in [5, 5.41) is 11.3. The predicted octanol–water partition coefficient (Wildman–Crippen LogP) is 3.62. The molecule has 4 heteroatoms. The van der Waals surface area contributed by atoms with Crippen LogP contribution in [0.1, 0.15) is 21.7 Å². The fourth-order valence-electron chi connectivity index (χ4n) is 2.09. The predicted molar refractivity (Wildman–Crippen MR) is 73.0 cm³/mol. The number of hydrogen-bond acceptors (Lipinski definition) is 4. The van der Waals surface area contributed by atoms with Crippen molar-refractivity contribution in [3.05, 3.63) is 33.1 Å². The fraction of sp³-hybridized carbons (Fsp3) is 0.286. The Morgan fingerprint density at radius 2 is 2.00 bits per heavy atom. The molecule has 0 bridgehead atoms. The quantitative estimate of drug-likeness (QED) is 0.826. The maximum absolute atomic E-state index is 8.85. The van der Waals surface area contributed by atoms with Crippen LogP contribution in [0.5, 0.6) is 5.75 Å². The van der Waals surface area contributed by atoms with Crippen LogP contribution in [0.25, 0.3) is 11.3 Å². The minimum atomic E-state index is 0.497. The van der Waals surface area contributed by atoms with Crippen LogP contribution in [-0.4, -0.2) is 12.1 Å². The van der Waals surface area contributed by atoms with Crippen LogP contribution < -0.4 is 4.74 Å². The van der Waals surface area contributed by atoms with E-state index in [4.69, 9.17) is 10.00 Å². The fourth-order valence-corrected chi connectivity index (χ4v) is 2.69. The van der Waals surface area contributed by atoms with E-state index in [2.05, 4.69) is 18.0 Å². The summed E-state index contributed by atoms with van der Waals surface area (Å²) in [5.74, 6) is 0.893. The molecule has 92 valence electrons. The van der Waals surface area contributed by atoms with Gasteiger partial charge in [-0.05, 0) is 43.5 Å². The Balaban J connectivity index is 2.65. The van der Waals surface area contributed by atoms with Crippen molar-refractivity contribution in [1.82, 2.24) is 4.98 Å². The monoisotopic (exact) mass is 258 g/mol. The van der Waals surface area contributed by atoms with Crippen LogP contribution in [0.4, 0.5) is 0 Å². The summed E-state index contributed by atoms with van der Waals surface area (Å²) < 4.78 is 5.35. The standard InChI is InChI=1S/C14H14N2OS/c1-8-5-12(17-4)9(2)10(3)14(8)11-7-18-13(6-15)16-11/h5,7H,1-4H3. The van der Waals surface area contributed by atoms with Crippen molar-refractivity contribution in [1.29, 1.82) is 5.26 Å². The highest BCUT2D eigenvalue weighted by Crippen LogP contribution is 2.34. The number of nitrogens with zero attached hydrogens (tertiary/aromatic N) is 2. The largest absolute Gasteiger partial charge is 0.496 e. The average Bonchev–Trinajstić information content (AvgIpc) is 2.82. The smallest absolute Gasteiger partial charge is 0.194 e. The van der Waals surface area contributed by atoms with Gasteiger partial charge in [0.1, 0.15) is 11.8 Å². The molecular weight excluding hydrogens is 244 g/mol. The number of aryl methyl sites for hydroxylation is 1. The molecule has 0 saturated heterocycles. The van der Waals surface area contributed by atoms with E-state index in [0.717, 1.165) is 33.7 Å². The van der Waals surface area contributed by atoms with Gasteiger partial charge in [-0.3, -0.25) is 0 Å². The molecule has 0 unspecified atom stereocenters. The number of benzene rings is 1. The first-order valence-electron chi connectivity index (χ1n) is 5.59. The van der Waals surface area contributed by atoms with Crippen molar-refractivity contribution in [3.8, 4) is 23.1 Å². The van der Waals surface area contributed by atoms with Gasteiger partial charge >= 0.3 is 0 Å². The summed E-state index contributed by atoms with van der Waals surface area (Å²) >= 11 is 1.37. The number of thiazole rings is 1. The lowest BCUT2D eigenvalue weighted by atomic mass is 9.95. The van der Waals surface area contributed by atoms with Crippen molar-refractivity contribution in [3.63, 3.8) is 0 Å². The molecule has 1 aromatic carbocycles. The normalized spacial score (nSPS) is 10.2. The molecule has 0 saturated carbocycles. The van der Waals surface area contributed by atoms with Crippen molar-refractivity contribution < 1.29 is 4.74 Å². The third kappa shape index (κ3) is 1.98. The Morgan fingerprint density at radius 1 is 1.28 bits per heavy atom. The summed E-state index contributed by atoms with van der Waals surface area (Å²) in [7, 11) is 1.68. The second-order valence-corrected chi connectivity index (χ2v) is 5.03. The van der Waals surface area contributed by atoms with Gasteiger partial charge in [-0.2, -0.15) is 5.26 Å². The minimum absolute atomic E-state index is 0.497. The van der Waals surface area contributed by atoms with E-state index in [1.54, 1.807) is 7.11 Å². The van der Waals surface area contributed by atoms with Crippen molar-refractivity contribution >= 4 is 11.3 Å². The van der Waals surface area contributed by atoms with E-state index in [0.29, 0.717) is 5.01 Å². The second-order valence-electron chi connectivity index (χ2n) is 4.17. The maximum Gasteiger partial charge on any atom is 0.194 e. The Labute approximate surface area is 111 Å². The number of rotatable bonds is 2. The maximum atomic E-state index is 8.85. The van der Waals surface area contributed by atoms with Gasteiger partial charge in [0.2, 0.25) is 0 Å². The van der Waals surface area contributed by atoms with Crippen molar-refractivity contribution in [2.24, 2.45) is 0 Å². The van der Waals surface area contributed by atoms with Crippen molar-refractivity contribution in [2.75, 3.05) is 7.11 Å². The summed E-state index contributed by atoms with van der Waals surface area (Å²) in [6.07, 6.45) is 0. The van der Waals surface area contributed by atoms with Gasteiger partial charge in [0, 0.05) is 10.9 Å². The average molecular weight is 258 g/mol. The van der Waals surface area contributed by atoms with Crippen LogP contribution in [0, 0.1) is 32.1 Å². The molecule has 3 nitrogen and oxygen atoms in total. The van der Waals surface area contributed by atoms with Crippen LogP contribution in [0.15, 0.2) is 11.4 Å². The lowest BCUT2D eigenvalue weighted by Crippen LogP contribution is -1.96. The molecule has 1 heterocycles. The molecule has 0 amide bonds. The van der Waals surface area contributed by atoms with Gasteiger partial charge in [0.15, 0.2) is 5.01 Å². The third-order valence-electron chi connectivity index (χ3n) is 3.12. The van der Waals surface area contributed by atoms with E-state index in [1.165, 1.54) is 11.3 Å². The van der Waals surface area contributed by atoms with E-state index < -0.39 is 0 Å². The van der Waals surface area contributed by atoms with Crippen molar-refractivity contribution in [2.45, 2.75) is 20.8 Å². The van der Waals surface area contributed by atoms with E-state index in [1.807, 2.05) is 25.3 Å². The first kappa shape index (κ1) is 12.6. The molecule has 0 radical (unpaired) electrons.